The lowest BCUT2D eigenvalue weighted by Crippen LogP contribution is -2.22. The Morgan fingerprint density at radius 2 is 1.75 bits per heavy atom. The van der Waals surface area contributed by atoms with Crippen molar-refractivity contribution in [3.63, 3.8) is 0 Å². The van der Waals surface area contributed by atoms with Gasteiger partial charge in [0.25, 0.3) is 0 Å². The zero-order valence-electron chi connectivity index (χ0n) is 7.67. The van der Waals surface area contributed by atoms with Crippen molar-refractivity contribution < 1.29 is 0 Å². The Balaban J connectivity index is 3.12. The van der Waals surface area contributed by atoms with E-state index in [1.807, 2.05) is 6.07 Å². The number of hydrogen-bond donors (Lipinski definition) is 2. The zero-order valence-corrected chi connectivity index (χ0v) is 7.67. The Morgan fingerprint density at radius 1 is 1.25 bits per heavy atom. The maximum atomic E-state index is 5.87. The van der Waals surface area contributed by atoms with E-state index in [0.717, 1.165) is 0 Å². The number of benzene rings is 1. The zero-order chi connectivity index (χ0) is 9.14. The average Bonchev–Trinajstić information content (AvgIpc) is 2.03. The molecule has 0 amide bonds. The number of rotatable bonds is 2. The van der Waals surface area contributed by atoms with Gasteiger partial charge in [-0.05, 0) is 30.5 Å². The summed E-state index contributed by atoms with van der Waals surface area (Å²) in [5.74, 6) is 0. The lowest BCUT2D eigenvalue weighted by atomic mass is 9.97. The van der Waals surface area contributed by atoms with Crippen LogP contribution in [0.15, 0.2) is 18.2 Å². The minimum Gasteiger partial charge on any atom is -0.329 e. The van der Waals surface area contributed by atoms with Crippen LogP contribution in [0.25, 0.3) is 0 Å². The fourth-order valence-electron chi connectivity index (χ4n) is 1.53. The fraction of sp³-hybridized carbons (Fsp3) is 0.400. The van der Waals surface area contributed by atoms with E-state index < -0.39 is 0 Å². The lowest BCUT2D eigenvalue weighted by Gasteiger charge is -2.15. The van der Waals surface area contributed by atoms with Crippen LogP contribution < -0.4 is 11.5 Å². The monoisotopic (exact) mass is 164 g/mol. The van der Waals surface area contributed by atoms with Crippen molar-refractivity contribution >= 4 is 0 Å². The summed E-state index contributed by atoms with van der Waals surface area (Å²) in [4.78, 5) is 0. The number of nitrogens with two attached hydrogens (primary N) is 2. The minimum atomic E-state index is -0.0220. The quantitative estimate of drug-likeness (QED) is 0.691. The van der Waals surface area contributed by atoms with Crippen molar-refractivity contribution in [2.75, 3.05) is 6.54 Å². The first-order valence-electron chi connectivity index (χ1n) is 4.18. The Morgan fingerprint density at radius 3 is 2.17 bits per heavy atom. The molecule has 0 aliphatic carbocycles. The Bertz CT molecular complexity index is 248. The second-order valence-corrected chi connectivity index (χ2v) is 3.15. The van der Waals surface area contributed by atoms with Crippen LogP contribution in [-0.4, -0.2) is 6.54 Å². The summed E-state index contributed by atoms with van der Waals surface area (Å²) >= 11 is 0. The van der Waals surface area contributed by atoms with Crippen molar-refractivity contribution in [3.05, 3.63) is 34.9 Å². The molecule has 0 aromatic heterocycles. The van der Waals surface area contributed by atoms with Crippen LogP contribution in [0, 0.1) is 13.8 Å². The van der Waals surface area contributed by atoms with Crippen molar-refractivity contribution in [2.24, 2.45) is 11.5 Å². The first-order valence-corrected chi connectivity index (χ1v) is 4.18. The van der Waals surface area contributed by atoms with E-state index in [2.05, 4.69) is 26.0 Å². The second-order valence-electron chi connectivity index (χ2n) is 3.15. The van der Waals surface area contributed by atoms with E-state index in [0.29, 0.717) is 6.54 Å². The van der Waals surface area contributed by atoms with Crippen LogP contribution in [0.1, 0.15) is 22.7 Å². The number of hydrogen-bond acceptors (Lipinski definition) is 2. The van der Waals surface area contributed by atoms with Crippen LogP contribution >= 0.6 is 0 Å². The Kier molecular flexibility index (Phi) is 2.84. The third-order valence-electron chi connectivity index (χ3n) is 2.17. The molecule has 0 heterocycles. The Labute approximate surface area is 73.6 Å². The highest BCUT2D eigenvalue weighted by Crippen LogP contribution is 2.18. The van der Waals surface area contributed by atoms with Gasteiger partial charge < -0.3 is 11.5 Å². The Hall–Kier alpha value is -0.860. The molecule has 0 fully saturated rings. The number of aryl methyl sites for hydroxylation is 2. The maximum absolute atomic E-state index is 5.87. The summed E-state index contributed by atoms with van der Waals surface area (Å²) in [5, 5.41) is 0. The first kappa shape index (κ1) is 9.23. The third-order valence-corrected chi connectivity index (χ3v) is 2.17. The smallest absolute Gasteiger partial charge is 0.0424 e. The van der Waals surface area contributed by atoms with Crippen LogP contribution in [0.4, 0.5) is 0 Å². The summed E-state index contributed by atoms with van der Waals surface area (Å²) < 4.78 is 0. The molecular formula is C10H16N2. The molecule has 12 heavy (non-hydrogen) atoms. The van der Waals surface area contributed by atoms with Gasteiger partial charge in [0.05, 0.1) is 0 Å². The van der Waals surface area contributed by atoms with Gasteiger partial charge >= 0.3 is 0 Å². The second kappa shape index (κ2) is 3.70. The molecule has 1 aromatic carbocycles. The first-order chi connectivity index (χ1) is 5.66. The van der Waals surface area contributed by atoms with Gasteiger partial charge in [0.15, 0.2) is 0 Å². The molecule has 66 valence electrons. The van der Waals surface area contributed by atoms with Gasteiger partial charge in [-0.25, -0.2) is 0 Å². The molecule has 1 atom stereocenters. The molecule has 0 bridgehead atoms. The average molecular weight is 164 g/mol. The molecule has 0 aliphatic rings. The van der Waals surface area contributed by atoms with E-state index in [9.17, 15) is 0 Å². The molecule has 0 radical (unpaired) electrons. The van der Waals surface area contributed by atoms with Gasteiger partial charge in [-0.15, -0.1) is 0 Å². The minimum absolute atomic E-state index is 0.0220. The molecule has 1 rings (SSSR count). The molecule has 0 aliphatic heterocycles. The van der Waals surface area contributed by atoms with Gasteiger partial charge in [-0.2, -0.15) is 0 Å². The van der Waals surface area contributed by atoms with Crippen molar-refractivity contribution in [1.82, 2.24) is 0 Å². The van der Waals surface area contributed by atoms with Crippen LogP contribution in [-0.2, 0) is 0 Å². The predicted octanol–water partition coefficient (Wildman–Crippen LogP) is 1.26. The molecule has 0 spiro atoms. The molecule has 2 heteroatoms. The lowest BCUT2D eigenvalue weighted by molar-refractivity contribution is 0.726. The van der Waals surface area contributed by atoms with E-state index in [4.69, 9.17) is 11.5 Å². The summed E-state index contributed by atoms with van der Waals surface area (Å²) in [5.41, 5.74) is 15.0. The van der Waals surface area contributed by atoms with Crippen LogP contribution in [0.3, 0.4) is 0 Å². The SMILES string of the molecule is Cc1cccc(C)c1C(N)CN. The normalized spacial score (nSPS) is 13.0. The summed E-state index contributed by atoms with van der Waals surface area (Å²) in [6, 6.07) is 6.15. The van der Waals surface area contributed by atoms with Gasteiger partial charge in [-0.1, -0.05) is 18.2 Å². The third kappa shape index (κ3) is 1.65. The standard InChI is InChI=1S/C10H16N2/c1-7-4-3-5-8(2)10(7)9(12)6-11/h3-5,9H,6,11-12H2,1-2H3. The molecule has 0 saturated carbocycles. The van der Waals surface area contributed by atoms with E-state index in [1.165, 1.54) is 16.7 Å². The van der Waals surface area contributed by atoms with Crippen molar-refractivity contribution in [1.29, 1.82) is 0 Å². The summed E-state index contributed by atoms with van der Waals surface area (Å²) in [7, 11) is 0. The largest absolute Gasteiger partial charge is 0.329 e. The molecule has 1 unspecified atom stereocenters. The summed E-state index contributed by atoms with van der Waals surface area (Å²) in [6.07, 6.45) is 0. The highest BCUT2D eigenvalue weighted by molar-refractivity contribution is 5.36. The van der Waals surface area contributed by atoms with E-state index in [1.54, 1.807) is 0 Å². The van der Waals surface area contributed by atoms with E-state index in [-0.39, 0.29) is 6.04 Å². The van der Waals surface area contributed by atoms with Crippen molar-refractivity contribution in [2.45, 2.75) is 19.9 Å². The van der Waals surface area contributed by atoms with Gasteiger partial charge in [0.2, 0.25) is 0 Å². The van der Waals surface area contributed by atoms with Crippen LogP contribution in [0.2, 0.25) is 0 Å². The highest BCUT2D eigenvalue weighted by atomic mass is 14.7. The van der Waals surface area contributed by atoms with Gasteiger partial charge in [-0.3, -0.25) is 0 Å². The van der Waals surface area contributed by atoms with E-state index >= 15 is 0 Å². The van der Waals surface area contributed by atoms with Crippen LogP contribution in [0.5, 0.6) is 0 Å². The highest BCUT2D eigenvalue weighted by Gasteiger charge is 2.08. The molecule has 2 nitrogen and oxygen atoms in total. The molecule has 0 saturated heterocycles. The van der Waals surface area contributed by atoms with Gasteiger partial charge in [0, 0.05) is 12.6 Å². The summed E-state index contributed by atoms with van der Waals surface area (Å²) in [6.45, 7) is 4.64. The maximum Gasteiger partial charge on any atom is 0.0424 e. The molecule has 4 N–H and O–H groups in total. The predicted molar refractivity (Wildman–Crippen MR) is 51.9 cm³/mol. The van der Waals surface area contributed by atoms with Crippen molar-refractivity contribution in [3.8, 4) is 0 Å². The topological polar surface area (TPSA) is 52.0 Å². The van der Waals surface area contributed by atoms with Gasteiger partial charge in [0.1, 0.15) is 0 Å². The molecular weight excluding hydrogens is 148 g/mol. The fourth-order valence-corrected chi connectivity index (χ4v) is 1.53. The molecule has 1 aromatic rings.